The van der Waals surface area contributed by atoms with Crippen molar-refractivity contribution in [3.63, 3.8) is 0 Å². The predicted molar refractivity (Wildman–Crippen MR) is 101 cm³/mol. The molecule has 1 saturated carbocycles. The Kier molecular flexibility index (Phi) is 5.69. The summed E-state index contributed by atoms with van der Waals surface area (Å²) in [6.07, 6.45) is 5.00. The van der Waals surface area contributed by atoms with Crippen molar-refractivity contribution in [2.45, 2.75) is 19.3 Å². The van der Waals surface area contributed by atoms with Gasteiger partial charge in [0, 0.05) is 34.4 Å². The average Bonchev–Trinajstić information content (AvgIpc) is 2.67. The number of hydrogen-bond acceptors (Lipinski definition) is 3. The monoisotopic (exact) mass is 370 g/mol. The summed E-state index contributed by atoms with van der Waals surface area (Å²) in [6.45, 7) is 0. The second-order valence-corrected chi connectivity index (χ2v) is 6.30. The molecule has 0 radical (unpaired) electrons. The zero-order chi connectivity index (χ0) is 19.4. The van der Waals surface area contributed by atoms with Gasteiger partial charge in [-0.3, -0.25) is 4.79 Å². The smallest absolute Gasteiger partial charge is 0.185 e. The molecule has 1 aliphatic rings. The Morgan fingerprint density at radius 2 is 1.26 bits per heavy atom. The number of Topliss-reactive ketones (excluding diaryl/α,β-unsaturated/α-hetero) is 1. The highest BCUT2D eigenvalue weighted by Gasteiger charge is 2.21. The van der Waals surface area contributed by atoms with Gasteiger partial charge < -0.3 is 9.47 Å². The van der Waals surface area contributed by atoms with Crippen molar-refractivity contribution in [2.75, 3.05) is 14.2 Å². The summed E-state index contributed by atoms with van der Waals surface area (Å²) in [4.78, 5) is 12.8. The third kappa shape index (κ3) is 4.25. The van der Waals surface area contributed by atoms with Gasteiger partial charge in [-0.2, -0.15) is 0 Å². The predicted octanol–water partition coefficient (Wildman–Crippen LogP) is 5.20. The van der Waals surface area contributed by atoms with Gasteiger partial charge in [0.2, 0.25) is 0 Å². The molecule has 0 spiro atoms. The Morgan fingerprint density at radius 1 is 0.815 bits per heavy atom. The van der Waals surface area contributed by atoms with Crippen LogP contribution in [0.25, 0.3) is 12.2 Å². The van der Waals surface area contributed by atoms with Gasteiger partial charge in [0.1, 0.15) is 23.1 Å². The minimum Gasteiger partial charge on any atom is -0.497 e. The summed E-state index contributed by atoms with van der Waals surface area (Å²) in [5.41, 5.74) is 1.70. The Hall–Kier alpha value is -2.95. The van der Waals surface area contributed by atoms with Crippen LogP contribution in [-0.4, -0.2) is 20.0 Å². The highest BCUT2D eigenvalue weighted by Crippen LogP contribution is 2.30. The molecule has 0 bridgehead atoms. The molecule has 3 rings (SSSR count). The van der Waals surface area contributed by atoms with Crippen molar-refractivity contribution in [1.82, 2.24) is 0 Å². The van der Waals surface area contributed by atoms with Crippen LogP contribution in [0.15, 0.2) is 47.5 Å². The molecule has 140 valence electrons. The summed E-state index contributed by atoms with van der Waals surface area (Å²) >= 11 is 0. The molecule has 5 heteroatoms. The molecule has 2 aromatic carbocycles. The summed E-state index contributed by atoms with van der Waals surface area (Å²) in [5.74, 6) is -0.244. The molecule has 3 nitrogen and oxygen atoms in total. The SMILES string of the molecule is COc1ccc(/C=C2\CCC/C(=C\c3ccc(OC)cc3F)C2=O)c(F)c1. The molecule has 27 heavy (non-hydrogen) atoms. The molecule has 0 aromatic heterocycles. The van der Waals surface area contributed by atoms with E-state index in [9.17, 15) is 13.6 Å². The number of allylic oxidation sites excluding steroid dienone is 2. The van der Waals surface area contributed by atoms with Gasteiger partial charge >= 0.3 is 0 Å². The summed E-state index contributed by atoms with van der Waals surface area (Å²) < 4.78 is 38.3. The first-order valence-corrected chi connectivity index (χ1v) is 8.64. The maximum absolute atomic E-state index is 14.2. The first-order valence-electron chi connectivity index (χ1n) is 8.64. The molecule has 0 saturated heterocycles. The molecule has 2 aromatic rings. The number of carbonyl (C=O) groups excluding carboxylic acids is 1. The van der Waals surface area contributed by atoms with Crippen LogP contribution in [0.4, 0.5) is 8.78 Å². The van der Waals surface area contributed by atoms with Gasteiger partial charge in [-0.05, 0) is 55.7 Å². The number of halogens is 2. The quantitative estimate of drug-likeness (QED) is 0.694. The maximum atomic E-state index is 14.2. The molecule has 1 aliphatic carbocycles. The molecular weight excluding hydrogens is 350 g/mol. The Labute approximate surface area is 156 Å². The van der Waals surface area contributed by atoms with Gasteiger partial charge in [0.25, 0.3) is 0 Å². The van der Waals surface area contributed by atoms with Crippen LogP contribution in [0.2, 0.25) is 0 Å². The first kappa shape index (κ1) is 18.8. The van der Waals surface area contributed by atoms with E-state index in [0.29, 0.717) is 46.6 Å². The number of rotatable bonds is 4. The van der Waals surface area contributed by atoms with E-state index in [1.807, 2.05) is 0 Å². The van der Waals surface area contributed by atoms with Gasteiger partial charge in [-0.1, -0.05) is 0 Å². The van der Waals surface area contributed by atoms with Crippen LogP contribution in [0, 0.1) is 11.6 Å². The summed E-state index contributed by atoms with van der Waals surface area (Å²) in [7, 11) is 2.93. The van der Waals surface area contributed by atoms with Gasteiger partial charge in [0.15, 0.2) is 5.78 Å². The second kappa shape index (κ2) is 8.16. The lowest BCUT2D eigenvalue weighted by Crippen LogP contribution is -2.12. The third-order valence-corrected chi connectivity index (χ3v) is 4.55. The Bertz CT molecular complexity index is 856. The zero-order valence-corrected chi connectivity index (χ0v) is 15.2. The third-order valence-electron chi connectivity index (χ3n) is 4.55. The van der Waals surface area contributed by atoms with Gasteiger partial charge in [-0.25, -0.2) is 8.78 Å². The van der Waals surface area contributed by atoms with E-state index in [-0.39, 0.29) is 5.78 Å². The van der Waals surface area contributed by atoms with E-state index in [2.05, 4.69) is 0 Å². The second-order valence-electron chi connectivity index (χ2n) is 6.30. The van der Waals surface area contributed by atoms with E-state index in [1.54, 1.807) is 36.4 Å². The Morgan fingerprint density at radius 3 is 1.63 bits per heavy atom. The number of ether oxygens (including phenoxy) is 2. The lowest BCUT2D eigenvalue weighted by atomic mass is 9.86. The van der Waals surface area contributed by atoms with E-state index in [4.69, 9.17) is 9.47 Å². The fraction of sp³-hybridized carbons (Fsp3) is 0.227. The Balaban J connectivity index is 1.90. The van der Waals surface area contributed by atoms with E-state index in [0.717, 1.165) is 6.42 Å². The molecule has 0 amide bonds. The lowest BCUT2D eigenvalue weighted by molar-refractivity contribution is -0.112. The average molecular weight is 370 g/mol. The number of methoxy groups -OCH3 is 2. The largest absolute Gasteiger partial charge is 0.497 e. The molecule has 1 fully saturated rings. The van der Waals surface area contributed by atoms with Crippen molar-refractivity contribution in [3.8, 4) is 11.5 Å². The van der Waals surface area contributed by atoms with Crippen molar-refractivity contribution in [2.24, 2.45) is 0 Å². The van der Waals surface area contributed by atoms with Crippen LogP contribution in [0.3, 0.4) is 0 Å². The molecule has 0 aliphatic heterocycles. The van der Waals surface area contributed by atoms with Crippen molar-refractivity contribution in [3.05, 3.63) is 70.3 Å². The molecule has 0 atom stereocenters. The van der Waals surface area contributed by atoms with E-state index in [1.165, 1.54) is 26.4 Å². The summed E-state index contributed by atoms with van der Waals surface area (Å²) in [5, 5.41) is 0. The van der Waals surface area contributed by atoms with Crippen molar-refractivity contribution >= 4 is 17.9 Å². The zero-order valence-electron chi connectivity index (χ0n) is 15.2. The number of carbonyl (C=O) groups is 1. The van der Waals surface area contributed by atoms with E-state index < -0.39 is 11.6 Å². The van der Waals surface area contributed by atoms with Crippen LogP contribution >= 0.6 is 0 Å². The summed E-state index contributed by atoms with van der Waals surface area (Å²) in [6, 6.07) is 9.01. The standard InChI is InChI=1S/C22H20F2O3/c1-26-18-8-6-14(20(23)12-18)10-16-4-3-5-17(22(16)25)11-15-7-9-19(27-2)13-21(15)24/h6-13H,3-5H2,1-2H3/b16-10+,17-11+. The minimum atomic E-state index is -0.452. The normalized spacial score (nSPS) is 17.4. The van der Waals surface area contributed by atoms with Crippen LogP contribution in [-0.2, 0) is 4.79 Å². The maximum Gasteiger partial charge on any atom is 0.185 e. The molecule has 0 N–H and O–H groups in total. The number of benzene rings is 2. The topological polar surface area (TPSA) is 35.5 Å². The highest BCUT2D eigenvalue weighted by atomic mass is 19.1. The number of hydrogen-bond donors (Lipinski definition) is 0. The fourth-order valence-electron chi connectivity index (χ4n) is 3.06. The van der Waals surface area contributed by atoms with E-state index >= 15 is 0 Å². The van der Waals surface area contributed by atoms with Crippen molar-refractivity contribution < 1.29 is 23.0 Å². The van der Waals surface area contributed by atoms with Crippen LogP contribution in [0.1, 0.15) is 30.4 Å². The molecular formula is C22H20F2O3. The minimum absolute atomic E-state index is 0.174. The van der Waals surface area contributed by atoms with Crippen LogP contribution in [0.5, 0.6) is 11.5 Å². The highest BCUT2D eigenvalue weighted by molar-refractivity contribution is 6.14. The number of ketones is 1. The van der Waals surface area contributed by atoms with Gasteiger partial charge in [-0.15, -0.1) is 0 Å². The lowest BCUT2D eigenvalue weighted by Gasteiger charge is -2.17. The fourth-order valence-corrected chi connectivity index (χ4v) is 3.06. The van der Waals surface area contributed by atoms with Crippen LogP contribution < -0.4 is 9.47 Å². The molecule has 0 heterocycles. The van der Waals surface area contributed by atoms with Crippen molar-refractivity contribution in [1.29, 1.82) is 0 Å². The molecule has 0 unspecified atom stereocenters. The van der Waals surface area contributed by atoms with Gasteiger partial charge in [0.05, 0.1) is 14.2 Å². The first-order chi connectivity index (χ1) is 13.0.